The van der Waals surface area contributed by atoms with Crippen molar-refractivity contribution in [2.45, 2.75) is 69.4 Å². The predicted molar refractivity (Wildman–Crippen MR) is 112 cm³/mol. The average molecular weight is 466 g/mol. The smallest absolute Gasteiger partial charge is 0.225 e. The summed E-state index contributed by atoms with van der Waals surface area (Å²) in [6.45, 7) is 0.541. The third-order valence-electron chi connectivity index (χ3n) is 5.40. The van der Waals surface area contributed by atoms with Gasteiger partial charge in [0.15, 0.2) is 5.96 Å². The molecule has 2 saturated carbocycles. The highest BCUT2D eigenvalue weighted by Crippen LogP contribution is 2.27. The Morgan fingerprint density at radius 2 is 1.88 bits per heavy atom. The number of hydrogen-bond acceptors (Lipinski definition) is 3. The molecule has 0 saturated heterocycles. The van der Waals surface area contributed by atoms with Gasteiger partial charge in [-0.2, -0.15) is 0 Å². The first-order valence-corrected chi connectivity index (χ1v) is 9.34. The van der Waals surface area contributed by atoms with Crippen LogP contribution in [0.3, 0.4) is 0 Å². The maximum Gasteiger partial charge on any atom is 0.225 e. The molecule has 2 aliphatic carbocycles. The molecule has 0 bridgehead atoms. The average Bonchev–Trinajstić information content (AvgIpc) is 2.58. The summed E-state index contributed by atoms with van der Waals surface area (Å²) in [5, 5.41) is 17.3. The van der Waals surface area contributed by atoms with E-state index in [1.807, 2.05) is 14.1 Å². The number of carbonyl (C=O) groups is 1. The molecule has 2 atom stereocenters. The maximum absolute atomic E-state index is 12.2. The zero-order chi connectivity index (χ0) is 17.6. The Bertz CT molecular complexity index is 450. The van der Waals surface area contributed by atoms with Gasteiger partial charge in [-0.25, -0.2) is 0 Å². The van der Waals surface area contributed by atoms with E-state index >= 15 is 0 Å². The molecule has 2 rings (SSSR count). The fourth-order valence-corrected chi connectivity index (χ4v) is 3.93. The number of hydrogen-bond donors (Lipinski definition) is 3. The number of nitrogens with one attached hydrogen (secondary N) is 2. The van der Waals surface area contributed by atoms with E-state index in [1.54, 1.807) is 11.9 Å². The minimum atomic E-state index is -0.605. The van der Waals surface area contributed by atoms with Crippen molar-refractivity contribution in [3.05, 3.63) is 0 Å². The van der Waals surface area contributed by atoms with E-state index in [1.165, 1.54) is 6.42 Å². The van der Waals surface area contributed by atoms with E-state index in [-0.39, 0.29) is 41.8 Å². The van der Waals surface area contributed by atoms with Crippen molar-refractivity contribution in [3.63, 3.8) is 0 Å². The number of nitrogens with zero attached hydrogens (tertiary/aromatic N) is 2. The minimum Gasteiger partial charge on any atom is -0.388 e. The SMILES string of the molecule is CN=C(NCC1(O)CCCCC1)NC1CCCC(C(=O)N(C)C)C1.I. The lowest BCUT2D eigenvalue weighted by molar-refractivity contribution is -0.134. The fraction of sp³-hybridized carbons (Fsp3) is 0.889. The van der Waals surface area contributed by atoms with E-state index in [9.17, 15) is 9.90 Å². The van der Waals surface area contributed by atoms with Crippen LogP contribution in [0.25, 0.3) is 0 Å². The summed E-state index contributed by atoms with van der Waals surface area (Å²) >= 11 is 0. The summed E-state index contributed by atoms with van der Waals surface area (Å²) in [6, 6.07) is 0.264. The lowest BCUT2D eigenvalue weighted by atomic mass is 9.84. The van der Waals surface area contributed by atoms with Gasteiger partial charge < -0.3 is 20.6 Å². The summed E-state index contributed by atoms with van der Waals surface area (Å²) in [5.41, 5.74) is -0.605. The zero-order valence-corrected chi connectivity index (χ0v) is 18.2. The summed E-state index contributed by atoms with van der Waals surface area (Å²) < 4.78 is 0. The van der Waals surface area contributed by atoms with E-state index in [0.29, 0.717) is 6.54 Å². The highest BCUT2D eigenvalue weighted by atomic mass is 127. The molecule has 1 amide bonds. The van der Waals surface area contributed by atoms with Crippen molar-refractivity contribution in [1.29, 1.82) is 0 Å². The van der Waals surface area contributed by atoms with Crippen molar-refractivity contribution in [2.24, 2.45) is 10.9 Å². The van der Waals surface area contributed by atoms with Gasteiger partial charge in [-0.05, 0) is 32.1 Å². The topological polar surface area (TPSA) is 77.0 Å². The molecule has 0 aromatic rings. The molecule has 3 N–H and O–H groups in total. The van der Waals surface area contributed by atoms with Crippen LogP contribution in [0.4, 0.5) is 0 Å². The zero-order valence-electron chi connectivity index (χ0n) is 15.9. The van der Waals surface area contributed by atoms with Crippen LogP contribution in [-0.4, -0.2) is 61.2 Å². The Kier molecular flexibility index (Phi) is 9.48. The highest BCUT2D eigenvalue weighted by molar-refractivity contribution is 14.0. The second-order valence-corrected chi connectivity index (χ2v) is 7.65. The number of aliphatic hydroxyl groups is 1. The number of aliphatic imine (C=N–C) groups is 1. The number of guanidine groups is 1. The Labute approximate surface area is 169 Å². The second kappa shape index (κ2) is 10.5. The first-order valence-electron chi connectivity index (χ1n) is 9.34. The number of rotatable bonds is 4. The first kappa shape index (κ1) is 22.5. The summed E-state index contributed by atoms with van der Waals surface area (Å²) in [6.07, 6.45) is 9.08. The molecule has 25 heavy (non-hydrogen) atoms. The highest BCUT2D eigenvalue weighted by Gasteiger charge is 2.31. The largest absolute Gasteiger partial charge is 0.388 e. The maximum atomic E-state index is 12.2. The fourth-order valence-electron chi connectivity index (χ4n) is 3.93. The number of amides is 1. The quantitative estimate of drug-likeness (QED) is 0.337. The van der Waals surface area contributed by atoms with Crippen LogP contribution >= 0.6 is 24.0 Å². The molecule has 2 aliphatic rings. The standard InChI is InChI=1S/C18H34N4O2.HI/c1-19-17(20-13-18(24)10-5-4-6-11-18)21-15-9-7-8-14(12-15)16(23)22(2)3;/h14-15,24H,4-13H2,1-3H3,(H2,19,20,21);1H. The predicted octanol–water partition coefficient (Wildman–Crippen LogP) is 2.11. The van der Waals surface area contributed by atoms with Crippen molar-refractivity contribution < 1.29 is 9.90 Å². The van der Waals surface area contributed by atoms with Crippen LogP contribution in [0.2, 0.25) is 0 Å². The summed E-state index contributed by atoms with van der Waals surface area (Å²) in [7, 11) is 5.40. The van der Waals surface area contributed by atoms with Crippen molar-refractivity contribution >= 4 is 35.8 Å². The third kappa shape index (κ3) is 6.92. The lowest BCUT2D eigenvalue weighted by Crippen LogP contribution is -2.51. The molecule has 2 unspecified atom stereocenters. The molecule has 146 valence electrons. The van der Waals surface area contributed by atoms with Gasteiger partial charge in [0.05, 0.1) is 5.60 Å². The van der Waals surface area contributed by atoms with Gasteiger partial charge in [0.25, 0.3) is 0 Å². The van der Waals surface area contributed by atoms with Gasteiger partial charge in [0, 0.05) is 39.6 Å². The van der Waals surface area contributed by atoms with Crippen molar-refractivity contribution in [3.8, 4) is 0 Å². The lowest BCUT2D eigenvalue weighted by Gasteiger charge is -2.34. The Morgan fingerprint density at radius 3 is 2.48 bits per heavy atom. The van der Waals surface area contributed by atoms with Crippen LogP contribution in [0.5, 0.6) is 0 Å². The van der Waals surface area contributed by atoms with Crippen LogP contribution in [0, 0.1) is 5.92 Å². The van der Waals surface area contributed by atoms with Crippen LogP contribution < -0.4 is 10.6 Å². The molecule has 6 nitrogen and oxygen atoms in total. The van der Waals surface area contributed by atoms with Gasteiger partial charge in [-0.15, -0.1) is 24.0 Å². The molecule has 0 aliphatic heterocycles. The van der Waals surface area contributed by atoms with Gasteiger partial charge in [-0.3, -0.25) is 9.79 Å². The van der Waals surface area contributed by atoms with Gasteiger partial charge in [0.2, 0.25) is 5.91 Å². The van der Waals surface area contributed by atoms with Crippen molar-refractivity contribution in [2.75, 3.05) is 27.7 Å². The monoisotopic (exact) mass is 466 g/mol. The van der Waals surface area contributed by atoms with E-state index in [2.05, 4.69) is 15.6 Å². The number of halogens is 1. The Balaban J connectivity index is 0.00000312. The Morgan fingerprint density at radius 1 is 1.20 bits per heavy atom. The van der Waals surface area contributed by atoms with E-state index in [0.717, 1.165) is 57.3 Å². The minimum absolute atomic E-state index is 0. The first-order chi connectivity index (χ1) is 11.4. The van der Waals surface area contributed by atoms with Crippen LogP contribution in [0.1, 0.15) is 57.8 Å². The molecule has 0 spiro atoms. The summed E-state index contributed by atoms with van der Waals surface area (Å²) in [4.78, 5) is 18.2. The van der Waals surface area contributed by atoms with Gasteiger partial charge in [-0.1, -0.05) is 25.7 Å². The molecule has 0 radical (unpaired) electrons. The molecule has 2 fully saturated rings. The molecule has 7 heteroatoms. The molecule has 0 heterocycles. The molecule has 0 aromatic carbocycles. The van der Waals surface area contributed by atoms with Gasteiger partial charge >= 0.3 is 0 Å². The van der Waals surface area contributed by atoms with E-state index < -0.39 is 5.60 Å². The van der Waals surface area contributed by atoms with Crippen LogP contribution in [0.15, 0.2) is 4.99 Å². The molecular weight excluding hydrogens is 431 g/mol. The molecule has 0 aromatic heterocycles. The Hall–Kier alpha value is -0.570. The van der Waals surface area contributed by atoms with Crippen molar-refractivity contribution in [1.82, 2.24) is 15.5 Å². The van der Waals surface area contributed by atoms with Gasteiger partial charge in [0.1, 0.15) is 0 Å². The number of carbonyl (C=O) groups excluding carboxylic acids is 1. The normalized spacial score (nSPS) is 26.3. The second-order valence-electron chi connectivity index (χ2n) is 7.65. The van der Waals surface area contributed by atoms with E-state index in [4.69, 9.17) is 0 Å². The summed E-state index contributed by atoms with van der Waals surface area (Å²) in [5.74, 6) is 1.06. The third-order valence-corrected chi connectivity index (χ3v) is 5.40. The molecular formula is C18H35IN4O2. The van der Waals surface area contributed by atoms with Crippen LogP contribution in [-0.2, 0) is 4.79 Å².